The lowest BCUT2D eigenvalue weighted by Gasteiger charge is -2.25. The molecule has 1 fully saturated rings. The van der Waals surface area contributed by atoms with E-state index in [2.05, 4.69) is 10.4 Å². The number of aromatic nitrogens is 2. The third-order valence-electron chi connectivity index (χ3n) is 2.70. The fourth-order valence-electron chi connectivity index (χ4n) is 1.66. The minimum atomic E-state index is -0.462. The van der Waals surface area contributed by atoms with E-state index in [-0.39, 0.29) is 19.0 Å². The lowest BCUT2D eigenvalue weighted by molar-refractivity contribution is -0.135. The first-order valence-electron chi connectivity index (χ1n) is 5.09. The van der Waals surface area contributed by atoms with Gasteiger partial charge in [0.15, 0.2) is 0 Å². The van der Waals surface area contributed by atoms with Crippen molar-refractivity contribution in [3.8, 4) is 0 Å². The highest BCUT2D eigenvalue weighted by Crippen LogP contribution is 2.10. The summed E-state index contributed by atoms with van der Waals surface area (Å²) in [6.45, 7) is 1.56. The highest BCUT2D eigenvalue weighted by atomic mass is 16.2. The standard InChI is InChI=1S/C10H12N4O3/c1-6-7(3-11-13(6)2)10(17)14-4-8(15)12-9(16)5-14/h3H,4-5H2,1-2H3,(H,12,15,16). The molecule has 2 rings (SSSR count). The normalized spacial score (nSPS) is 16.0. The number of nitrogens with zero attached hydrogens (tertiary/aromatic N) is 3. The number of amides is 3. The van der Waals surface area contributed by atoms with Gasteiger partial charge in [0, 0.05) is 12.7 Å². The van der Waals surface area contributed by atoms with Crippen LogP contribution in [-0.4, -0.2) is 45.5 Å². The summed E-state index contributed by atoms with van der Waals surface area (Å²) in [6.07, 6.45) is 1.44. The number of carbonyl (C=O) groups is 3. The lowest BCUT2D eigenvalue weighted by atomic mass is 10.2. The molecule has 1 aromatic rings. The molecule has 3 amide bonds. The first-order valence-corrected chi connectivity index (χ1v) is 5.09. The number of hydrogen-bond donors (Lipinski definition) is 1. The monoisotopic (exact) mass is 236 g/mol. The van der Waals surface area contributed by atoms with Gasteiger partial charge in [0.05, 0.1) is 11.8 Å². The second-order valence-electron chi connectivity index (χ2n) is 3.90. The summed E-state index contributed by atoms with van der Waals surface area (Å²) in [7, 11) is 1.72. The van der Waals surface area contributed by atoms with E-state index in [9.17, 15) is 14.4 Å². The number of imide groups is 1. The van der Waals surface area contributed by atoms with Crippen molar-refractivity contribution in [2.45, 2.75) is 6.92 Å². The van der Waals surface area contributed by atoms with E-state index < -0.39 is 11.8 Å². The first-order chi connectivity index (χ1) is 7.99. The summed E-state index contributed by atoms with van der Waals surface area (Å²) in [5.74, 6) is -1.27. The van der Waals surface area contributed by atoms with Gasteiger partial charge in [-0.3, -0.25) is 24.4 Å². The molecule has 0 bridgehead atoms. The zero-order chi connectivity index (χ0) is 12.6. The van der Waals surface area contributed by atoms with Gasteiger partial charge in [-0.1, -0.05) is 0 Å². The van der Waals surface area contributed by atoms with Crippen molar-refractivity contribution in [3.63, 3.8) is 0 Å². The number of hydrogen-bond acceptors (Lipinski definition) is 4. The van der Waals surface area contributed by atoms with Crippen LogP contribution in [0.5, 0.6) is 0 Å². The van der Waals surface area contributed by atoms with Gasteiger partial charge in [-0.2, -0.15) is 5.10 Å². The van der Waals surface area contributed by atoms with Crippen LogP contribution in [0.1, 0.15) is 16.1 Å². The van der Waals surface area contributed by atoms with Gasteiger partial charge < -0.3 is 4.90 Å². The molecule has 0 saturated carbocycles. The predicted octanol–water partition coefficient (Wildman–Crippen LogP) is -1.17. The van der Waals surface area contributed by atoms with Crippen LogP contribution in [0.15, 0.2) is 6.20 Å². The Hall–Kier alpha value is -2.18. The highest BCUT2D eigenvalue weighted by molar-refractivity contribution is 6.05. The van der Waals surface area contributed by atoms with Crippen LogP contribution in [0.2, 0.25) is 0 Å². The Bertz CT molecular complexity index is 490. The maximum atomic E-state index is 12.1. The molecule has 17 heavy (non-hydrogen) atoms. The summed E-state index contributed by atoms with van der Waals surface area (Å²) < 4.78 is 1.57. The van der Waals surface area contributed by atoms with Crippen LogP contribution in [0.25, 0.3) is 0 Å². The molecule has 0 aliphatic carbocycles. The van der Waals surface area contributed by atoms with Gasteiger partial charge in [0.2, 0.25) is 11.8 Å². The van der Waals surface area contributed by atoms with Crippen molar-refractivity contribution in [3.05, 3.63) is 17.5 Å². The summed E-state index contributed by atoms with van der Waals surface area (Å²) in [6, 6.07) is 0. The molecule has 0 aromatic carbocycles. The average molecular weight is 236 g/mol. The second-order valence-corrected chi connectivity index (χ2v) is 3.90. The molecule has 1 saturated heterocycles. The smallest absolute Gasteiger partial charge is 0.258 e. The fourth-order valence-corrected chi connectivity index (χ4v) is 1.66. The molecule has 0 unspecified atom stereocenters. The summed E-state index contributed by atoms with van der Waals surface area (Å²) >= 11 is 0. The van der Waals surface area contributed by atoms with E-state index in [0.717, 1.165) is 0 Å². The van der Waals surface area contributed by atoms with Crippen LogP contribution >= 0.6 is 0 Å². The van der Waals surface area contributed by atoms with Crippen molar-refractivity contribution in [1.82, 2.24) is 20.0 Å². The molecule has 1 aliphatic heterocycles. The summed E-state index contributed by atoms with van der Waals surface area (Å²) in [4.78, 5) is 35.6. The van der Waals surface area contributed by atoms with E-state index >= 15 is 0 Å². The Labute approximate surface area is 97.4 Å². The quantitative estimate of drug-likeness (QED) is 0.622. The van der Waals surface area contributed by atoms with Gasteiger partial charge in [-0.15, -0.1) is 0 Å². The highest BCUT2D eigenvalue weighted by Gasteiger charge is 2.28. The maximum absolute atomic E-state index is 12.1. The fraction of sp³-hybridized carbons (Fsp3) is 0.400. The zero-order valence-electron chi connectivity index (χ0n) is 9.56. The molecule has 7 nitrogen and oxygen atoms in total. The molecule has 7 heteroatoms. The predicted molar refractivity (Wildman–Crippen MR) is 57.0 cm³/mol. The van der Waals surface area contributed by atoms with Crippen LogP contribution in [0.3, 0.4) is 0 Å². The van der Waals surface area contributed by atoms with Crippen molar-refractivity contribution < 1.29 is 14.4 Å². The van der Waals surface area contributed by atoms with E-state index in [1.54, 1.807) is 18.7 Å². The molecule has 1 aromatic heterocycles. The summed E-state index contributed by atoms with van der Waals surface area (Å²) in [5.41, 5.74) is 1.11. The Morgan fingerprint density at radius 3 is 2.41 bits per heavy atom. The molecule has 0 radical (unpaired) electrons. The number of nitrogens with one attached hydrogen (secondary N) is 1. The van der Waals surface area contributed by atoms with E-state index in [0.29, 0.717) is 11.3 Å². The van der Waals surface area contributed by atoms with Gasteiger partial charge >= 0.3 is 0 Å². The number of carbonyl (C=O) groups excluding carboxylic acids is 3. The number of aryl methyl sites for hydroxylation is 1. The van der Waals surface area contributed by atoms with Crippen molar-refractivity contribution in [2.75, 3.05) is 13.1 Å². The van der Waals surface area contributed by atoms with Crippen LogP contribution in [0, 0.1) is 6.92 Å². The second kappa shape index (κ2) is 4.00. The van der Waals surface area contributed by atoms with Crippen LogP contribution in [0.4, 0.5) is 0 Å². The van der Waals surface area contributed by atoms with E-state index in [1.807, 2.05) is 0 Å². The molecular weight excluding hydrogens is 224 g/mol. The Balaban J connectivity index is 2.23. The lowest BCUT2D eigenvalue weighted by Crippen LogP contribution is -2.53. The third kappa shape index (κ3) is 2.03. The zero-order valence-corrected chi connectivity index (χ0v) is 9.56. The van der Waals surface area contributed by atoms with Crippen molar-refractivity contribution >= 4 is 17.7 Å². The largest absolute Gasteiger partial charge is 0.320 e. The van der Waals surface area contributed by atoms with Crippen molar-refractivity contribution in [2.24, 2.45) is 7.05 Å². The van der Waals surface area contributed by atoms with Gasteiger partial charge in [0.25, 0.3) is 5.91 Å². The van der Waals surface area contributed by atoms with Crippen LogP contribution in [-0.2, 0) is 16.6 Å². The SMILES string of the molecule is Cc1c(C(=O)N2CC(=O)NC(=O)C2)cnn1C. The average Bonchev–Trinajstić information content (AvgIpc) is 2.57. The molecular formula is C10H12N4O3. The van der Waals surface area contributed by atoms with Gasteiger partial charge in [-0.25, -0.2) is 0 Å². The molecule has 2 heterocycles. The maximum Gasteiger partial charge on any atom is 0.258 e. The first kappa shape index (κ1) is 11.3. The topological polar surface area (TPSA) is 84.3 Å². The molecule has 0 spiro atoms. The number of piperazine rings is 1. The van der Waals surface area contributed by atoms with Crippen molar-refractivity contribution in [1.29, 1.82) is 0 Å². The Morgan fingerprint density at radius 2 is 1.94 bits per heavy atom. The Kier molecular flexibility index (Phi) is 2.66. The van der Waals surface area contributed by atoms with Gasteiger partial charge in [0.1, 0.15) is 13.1 Å². The minimum Gasteiger partial charge on any atom is -0.320 e. The Morgan fingerprint density at radius 1 is 1.35 bits per heavy atom. The minimum absolute atomic E-state index is 0.0983. The van der Waals surface area contributed by atoms with E-state index in [1.165, 1.54) is 11.1 Å². The van der Waals surface area contributed by atoms with Gasteiger partial charge in [-0.05, 0) is 6.92 Å². The molecule has 90 valence electrons. The molecule has 0 atom stereocenters. The molecule has 1 aliphatic rings. The number of rotatable bonds is 1. The third-order valence-corrected chi connectivity index (χ3v) is 2.70. The van der Waals surface area contributed by atoms with E-state index in [4.69, 9.17) is 0 Å². The molecule has 1 N–H and O–H groups in total. The van der Waals surface area contributed by atoms with Crippen LogP contribution < -0.4 is 5.32 Å². The summed E-state index contributed by atoms with van der Waals surface area (Å²) in [5, 5.41) is 6.10.